The van der Waals surface area contributed by atoms with Crippen molar-refractivity contribution in [3.8, 4) is 0 Å². The van der Waals surface area contributed by atoms with Crippen LogP contribution >= 0.6 is 7.82 Å². The number of carbonyl (C=O) groups excluding carboxylic acids is 1. The van der Waals surface area contributed by atoms with Gasteiger partial charge in [-0.1, -0.05) is 177 Å². The highest BCUT2D eigenvalue weighted by atomic mass is 31.2. The second-order valence-corrected chi connectivity index (χ2v) is 15.4. The van der Waals surface area contributed by atoms with Crippen molar-refractivity contribution in [1.29, 1.82) is 0 Å². The van der Waals surface area contributed by atoms with Crippen LogP contribution < -0.4 is 0 Å². The largest absolute Gasteiger partial charge is 0.472 e. The van der Waals surface area contributed by atoms with Gasteiger partial charge in [-0.3, -0.25) is 13.8 Å². The average molecular weight is 795 g/mol. The smallest absolute Gasteiger partial charge is 0.457 e. The summed E-state index contributed by atoms with van der Waals surface area (Å²) in [6, 6.07) is 0. The van der Waals surface area contributed by atoms with Crippen LogP contribution in [0.3, 0.4) is 0 Å². The third-order valence-corrected chi connectivity index (χ3v) is 9.62. The molecule has 0 saturated carbocycles. The number of phosphoric ester groups is 1. The summed E-state index contributed by atoms with van der Waals surface area (Å²) in [5.74, 6) is -0.465. The van der Waals surface area contributed by atoms with Gasteiger partial charge in [-0.05, 0) is 51.4 Å². The standard InChI is InChI=1S/C45H79O9P/c1-3-5-7-9-11-13-15-17-19-20-21-22-23-25-27-29-31-33-35-37-45(48)54-44(42-53-55(49,50)52-40-43(47)39-46)41-51-38-36-34-32-30-28-26-24-18-16-14-12-10-8-6-4-2/h5,7,11,13,17,19,21-22,25,27,31,33,43-44,46-47H,3-4,6,8-10,12,14-16,18,20,23-24,26,28-30,32,34-42H2,1-2H3,(H,49,50)/b7-5-,13-11-,19-17-,22-21-,27-25-,33-31-. The van der Waals surface area contributed by atoms with E-state index in [-0.39, 0.29) is 13.0 Å². The van der Waals surface area contributed by atoms with Gasteiger partial charge < -0.3 is 24.6 Å². The fourth-order valence-corrected chi connectivity index (χ4v) is 6.23. The zero-order valence-electron chi connectivity index (χ0n) is 34.6. The lowest BCUT2D eigenvalue weighted by Gasteiger charge is -2.20. The van der Waals surface area contributed by atoms with E-state index >= 15 is 0 Å². The number of esters is 1. The van der Waals surface area contributed by atoms with Crippen molar-refractivity contribution in [3.05, 3.63) is 72.9 Å². The van der Waals surface area contributed by atoms with E-state index in [1.54, 1.807) is 0 Å². The number of phosphoric acid groups is 1. The number of aliphatic hydroxyl groups is 2. The van der Waals surface area contributed by atoms with Gasteiger partial charge in [-0.25, -0.2) is 4.57 Å². The van der Waals surface area contributed by atoms with Gasteiger partial charge in [0.1, 0.15) is 12.2 Å². The van der Waals surface area contributed by atoms with Crippen molar-refractivity contribution < 1.29 is 43.0 Å². The van der Waals surface area contributed by atoms with Crippen LogP contribution in [0.1, 0.15) is 162 Å². The first-order valence-electron chi connectivity index (χ1n) is 21.4. The molecule has 0 aromatic heterocycles. The molecular weight excluding hydrogens is 715 g/mol. The zero-order chi connectivity index (χ0) is 40.3. The minimum Gasteiger partial charge on any atom is -0.457 e. The molecule has 0 aliphatic rings. The van der Waals surface area contributed by atoms with E-state index in [0.29, 0.717) is 13.0 Å². The van der Waals surface area contributed by atoms with Gasteiger partial charge in [0.05, 0.1) is 26.4 Å². The van der Waals surface area contributed by atoms with Crippen LogP contribution in [0.5, 0.6) is 0 Å². The predicted octanol–water partition coefficient (Wildman–Crippen LogP) is 11.8. The average Bonchev–Trinajstić information content (AvgIpc) is 3.18. The number of carbonyl (C=O) groups is 1. The van der Waals surface area contributed by atoms with Crippen LogP contribution in [0.25, 0.3) is 0 Å². The van der Waals surface area contributed by atoms with Gasteiger partial charge >= 0.3 is 13.8 Å². The SMILES string of the molecule is CC/C=C\C/C=C\C/C=C\C/C=C\C/C=C\C/C=C\CCC(=O)OC(COCCCCCCCCCCCCCCCCC)COP(=O)(O)OCC(O)CO. The summed E-state index contributed by atoms with van der Waals surface area (Å²) in [6.07, 6.45) is 48.7. The van der Waals surface area contributed by atoms with Gasteiger partial charge in [-0.2, -0.15) is 0 Å². The van der Waals surface area contributed by atoms with Crippen LogP contribution in [0.2, 0.25) is 0 Å². The van der Waals surface area contributed by atoms with Crippen LogP contribution in [0, 0.1) is 0 Å². The molecule has 55 heavy (non-hydrogen) atoms. The Morgan fingerprint density at radius 2 is 1.00 bits per heavy atom. The maximum atomic E-state index is 12.6. The molecule has 0 rings (SSSR count). The highest BCUT2D eigenvalue weighted by Crippen LogP contribution is 2.43. The molecule has 0 radical (unpaired) electrons. The molecule has 0 heterocycles. The van der Waals surface area contributed by atoms with Crippen molar-refractivity contribution in [1.82, 2.24) is 0 Å². The first kappa shape index (κ1) is 52.9. The summed E-state index contributed by atoms with van der Waals surface area (Å²) >= 11 is 0. The van der Waals surface area contributed by atoms with Crippen molar-refractivity contribution in [2.24, 2.45) is 0 Å². The van der Waals surface area contributed by atoms with E-state index in [1.807, 2.05) is 12.2 Å². The highest BCUT2D eigenvalue weighted by Gasteiger charge is 2.26. The molecule has 0 fully saturated rings. The first-order chi connectivity index (χ1) is 26.8. The van der Waals surface area contributed by atoms with Crippen molar-refractivity contribution in [3.63, 3.8) is 0 Å². The van der Waals surface area contributed by atoms with Crippen molar-refractivity contribution in [2.45, 2.75) is 174 Å². The molecule has 318 valence electrons. The van der Waals surface area contributed by atoms with Crippen molar-refractivity contribution in [2.75, 3.05) is 33.0 Å². The number of rotatable bonds is 40. The molecular formula is C45H79O9P. The minimum atomic E-state index is -4.54. The summed E-state index contributed by atoms with van der Waals surface area (Å²) in [5, 5.41) is 18.3. The molecule has 3 N–H and O–H groups in total. The Morgan fingerprint density at radius 3 is 1.45 bits per heavy atom. The number of unbranched alkanes of at least 4 members (excludes halogenated alkanes) is 14. The number of hydrogen-bond donors (Lipinski definition) is 3. The molecule has 10 heteroatoms. The second kappa shape index (κ2) is 41.5. The quantitative estimate of drug-likeness (QED) is 0.0240. The van der Waals surface area contributed by atoms with E-state index in [4.69, 9.17) is 23.6 Å². The lowest BCUT2D eigenvalue weighted by atomic mass is 10.0. The Balaban J connectivity index is 4.32. The predicted molar refractivity (Wildman–Crippen MR) is 228 cm³/mol. The van der Waals surface area contributed by atoms with E-state index in [1.165, 1.54) is 77.0 Å². The van der Waals surface area contributed by atoms with Gasteiger partial charge in [0.2, 0.25) is 0 Å². The molecule has 3 atom stereocenters. The van der Waals surface area contributed by atoms with E-state index in [0.717, 1.165) is 57.8 Å². The number of allylic oxidation sites excluding steroid dienone is 12. The summed E-state index contributed by atoms with van der Waals surface area (Å²) in [6.45, 7) is 3.30. The van der Waals surface area contributed by atoms with E-state index in [2.05, 4.69) is 74.6 Å². The Bertz CT molecular complexity index is 1080. The maximum absolute atomic E-state index is 12.6. The molecule has 9 nitrogen and oxygen atoms in total. The molecule has 0 amide bonds. The summed E-state index contributed by atoms with van der Waals surface area (Å²) < 4.78 is 33.3. The highest BCUT2D eigenvalue weighted by molar-refractivity contribution is 7.47. The monoisotopic (exact) mass is 795 g/mol. The number of ether oxygens (including phenoxy) is 2. The topological polar surface area (TPSA) is 132 Å². The molecule has 0 spiro atoms. The summed E-state index contributed by atoms with van der Waals surface area (Å²) in [4.78, 5) is 22.5. The second-order valence-electron chi connectivity index (χ2n) is 14.0. The molecule has 0 saturated heterocycles. The van der Waals surface area contributed by atoms with Gasteiger partial charge in [0.15, 0.2) is 0 Å². The Kier molecular flexibility index (Phi) is 39.9. The Morgan fingerprint density at radius 1 is 0.582 bits per heavy atom. The Hall–Kier alpha value is -2.10. The van der Waals surface area contributed by atoms with Crippen LogP contribution in [0.4, 0.5) is 0 Å². The van der Waals surface area contributed by atoms with Crippen LogP contribution in [-0.2, 0) is 27.9 Å². The van der Waals surface area contributed by atoms with Crippen molar-refractivity contribution >= 4 is 13.8 Å². The summed E-state index contributed by atoms with van der Waals surface area (Å²) in [5.41, 5.74) is 0. The third kappa shape index (κ3) is 41.4. The molecule has 0 aliphatic heterocycles. The fraction of sp³-hybridized carbons (Fsp3) is 0.711. The molecule has 3 unspecified atom stereocenters. The van der Waals surface area contributed by atoms with E-state index < -0.39 is 45.8 Å². The minimum absolute atomic E-state index is 0.0174. The van der Waals surface area contributed by atoms with Gasteiger partial charge in [0.25, 0.3) is 0 Å². The van der Waals surface area contributed by atoms with Crippen LogP contribution in [0.15, 0.2) is 72.9 Å². The molecule has 0 aliphatic carbocycles. The van der Waals surface area contributed by atoms with Crippen LogP contribution in [-0.4, -0.2) is 66.3 Å². The summed E-state index contributed by atoms with van der Waals surface area (Å²) in [7, 11) is -4.54. The first-order valence-corrected chi connectivity index (χ1v) is 22.9. The van der Waals surface area contributed by atoms with E-state index in [9.17, 15) is 19.4 Å². The van der Waals surface area contributed by atoms with Gasteiger partial charge in [-0.15, -0.1) is 0 Å². The molecule has 0 bridgehead atoms. The third-order valence-electron chi connectivity index (χ3n) is 8.67. The zero-order valence-corrected chi connectivity index (χ0v) is 35.5. The fourth-order valence-electron chi connectivity index (χ4n) is 5.44. The Labute approximate surface area is 335 Å². The molecule has 0 aromatic rings. The lowest BCUT2D eigenvalue weighted by Crippen LogP contribution is -2.29. The number of aliphatic hydroxyl groups excluding tert-OH is 2. The molecule has 0 aromatic carbocycles. The lowest BCUT2D eigenvalue weighted by molar-refractivity contribution is -0.154. The van der Waals surface area contributed by atoms with Gasteiger partial charge in [0, 0.05) is 13.0 Å². The number of hydrogen-bond acceptors (Lipinski definition) is 8. The normalized spacial score (nSPS) is 14.8. The maximum Gasteiger partial charge on any atom is 0.472 e.